The van der Waals surface area contributed by atoms with E-state index in [2.05, 4.69) is 25.2 Å². The first-order chi connectivity index (χ1) is 16.8. The first-order valence-electron chi connectivity index (χ1n) is 11.6. The molecular formula is C25H27ClN6O2S. The Kier molecular flexibility index (Phi) is 6.32. The van der Waals surface area contributed by atoms with Crippen molar-refractivity contribution in [1.82, 2.24) is 19.2 Å². The van der Waals surface area contributed by atoms with Crippen molar-refractivity contribution in [2.45, 2.75) is 38.4 Å². The van der Waals surface area contributed by atoms with Crippen molar-refractivity contribution in [2.24, 2.45) is 0 Å². The lowest BCUT2D eigenvalue weighted by Gasteiger charge is -2.43. The predicted octanol–water partition coefficient (Wildman–Crippen LogP) is 3.45. The number of nitrogens with one attached hydrogen (secondary N) is 1. The molecule has 0 amide bonds. The van der Waals surface area contributed by atoms with E-state index in [9.17, 15) is 8.42 Å². The standard InChI is InChI=1S/C25H27ClN6O2S/c1-19-12-22(6-7-24(19)26)32-25(17-29-35(32,33)34)8-10-30(11-9-25)16-23-14-28-18-31(23)15-21-4-2-20(13-27)3-5-21/h2-7,12,14,18,29H,8-11,15-17H2,1H3. The third-order valence-corrected chi connectivity index (χ3v) is 9.05. The van der Waals surface area contributed by atoms with Gasteiger partial charge in [0.25, 0.3) is 0 Å². The molecule has 1 N–H and O–H groups in total. The molecule has 0 atom stereocenters. The van der Waals surface area contributed by atoms with Gasteiger partial charge >= 0.3 is 10.2 Å². The van der Waals surface area contributed by atoms with E-state index in [1.807, 2.05) is 49.8 Å². The molecular weight excluding hydrogens is 484 g/mol. The second-order valence-electron chi connectivity index (χ2n) is 9.35. The van der Waals surface area contributed by atoms with Gasteiger partial charge in [-0.05, 0) is 61.2 Å². The van der Waals surface area contributed by atoms with Crippen LogP contribution in [0, 0.1) is 18.3 Å². The van der Waals surface area contributed by atoms with Crippen molar-refractivity contribution >= 4 is 27.5 Å². The van der Waals surface area contributed by atoms with Gasteiger partial charge in [-0.25, -0.2) is 4.98 Å². The third kappa shape index (κ3) is 4.67. The second-order valence-corrected chi connectivity index (χ2v) is 11.4. The number of rotatable bonds is 5. The summed E-state index contributed by atoms with van der Waals surface area (Å²) in [6, 6.07) is 15.1. The maximum atomic E-state index is 13.0. The zero-order valence-electron chi connectivity index (χ0n) is 19.5. The van der Waals surface area contributed by atoms with Gasteiger partial charge in [0.1, 0.15) is 0 Å². The summed E-state index contributed by atoms with van der Waals surface area (Å²) < 4.78 is 32.4. The number of aromatic nitrogens is 2. The van der Waals surface area contributed by atoms with Crippen LogP contribution in [0.15, 0.2) is 55.0 Å². The van der Waals surface area contributed by atoms with Crippen molar-refractivity contribution in [1.29, 1.82) is 5.26 Å². The zero-order chi connectivity index (χ0) is 24.6. The third-order valence-electron chi connectivity index (χ3n) is 7.04. The summed E-state index contributed by atoms with van der Waals surface area (Å²) in [6.45, 7) is 5.28. The van der Waals surface area contributed by atoms with Crippen LogP contribution in [-0.2, 0) is 23.3 Å². The molecule has 2 fully saturated rings. The average molecular weight is 511 g/mol. The normalized spacial score (nSPS) is 19.2. The molecule has 0 saturated carbocycles. The molecule has 35 heavy (non-hydrogen) atoms. The summed E-state index contributed by atoms with van der Waals surface area (Å²) in [5.41, 5.74) is 3.89. The van der Waals surface area contributed by atoms with Gasteiger partial charge in [-0.3, -0.25) is 9.21 Å². The number of hydrogen-bond acceptors (Lipinski definition) is 5. The molecule has 182 valence electrons. The first-order valence-corrected chi connectivity index (χ1v) is 13.4. The minimum Gasteiger partial charge on any atom is -0.329 e. The quantitative estimate of drug-likeness (QED) is 0.567. The van der Waals surface area contributed by atoms with Gasteiger partial charge < -0.3 is 4.57 Å². The van der Waals surface area contributed by atoms with Gasteiger partial charge in [0.15, 0.2) is 0 Å². The van der Waals surface area contributed by atoms with E-state index in [1.54, 1.807) is 16.4 Å². The number of anilines is 1. The largest absolute Gasteiger partial charge is 0.329 e. The molecule has 2 aliphatic heterocycles. The predicted molar refractivity (Wildman–Crippen MR) is 135 cm³/mol. The minimum absolute atomic E-state index is 0.404. The lowest BCUT2D eigenvalue weighted by atomic mass is 9.87. The maximum absolute atomic E-state index is 13.0. The highest BCUT2D eigenvalue weighted by Crippen LogP contribution is 2.40. The van der Waals surface area contributed by atoms with Crippen LogP contribution >= 0.6 is 11.6 Å². The topological polar surface area (TPSA) is 94.3 Å². The van der Waals surface area contributed by atoms with E-state index >= 15 is 0 Å². The highest BCUT2D eigenvalue weighted by molar-refractivity contribution is 7.91. The molecule has 10 heteroatoms. The van der Waals surface area contributed by atoms with Crippen LogP contribution < -0.4 is 9.03 Å². The molecule has 5 rings (SSSR count). The Morgan fingerprint density at radius 2 is 1.89 bits per heavy atom. The van der Waals surface area contributed by atoms with Crippen LogP contribution in [0.3, 0.4) is 0 Å². The average Bonchev–Trinajstić information content (AvgIpc) is 3.39. The Labute approximate surface area is 210 Å². The zero-order valence-corrected chi connectivity index (χ0v) is 21.1. The molecule has 3 heterocycles. The molecule has 0 radical (unpaired) electrons. The minimum atomic E-state index is -3.60. The van der Waals surface area contributed by atoms with E-state index in [0.717, 1.165) is 49.3 Å². The molecule has 2 aromatic carbocycles. The number of likely N-dealkylation sites (tertiary alicyclic amines) is 1. The van der Waals surface area contributed by atoms with Crippen LogP contribution in [0.2, 0.25) is 5.02 Å². The maximum Gasteiger partial charge on any atom is 0.302 e. The van der Waals surface area contributed by atoms with Gasteiger partial charge in [-0.2, -0.15) is 18.4 Å². The van der Waals surface area contributed by atoms with E-state index in [4.69, 9.17) is 16.9 Å². The smallest absolute Gasteiger partial charge is 0.302 e. The second kappa shape index (κ2) is 9.28. The fourth-order valence-corrected chi connectivity index (χ4v) is 6.87. The van der Waals surface area contributed by atoms with E-state index in [1.165, 1.54) is 0 Å². The van der Waals surface area contributed by atoms with Crippen molar-refractivity contribution in [2.75, 3.05) is 23.9 Å². The van der Waals surface area contributed by atoms with Crippen LogP contribution in [0.1, 0.15) is 35.2 Å². The summed E-state index contributed by atoms with van der Waals surface area (Å²) in [7, 11) is -3.60. The SMILES string of the molecule is Cc1cc(N2C3(CCN(Cc4cncn4Cc4ccc(C#N)cc4)CC3)CNS2(=O)=O)ccc1Cl. The number of nitriles is 1. The Bertz CT molecular complexity index is 1370. The van der Waals surface area contributed by atoms with E-state index in [0.29, 0.717) is 29.4 Å². The van der Waals surface area contributed by atoms with Crippen molar-refractivity contribution < 1.29 is 8.42 Å². The number of piperidine rings is 1. The Morgan fingerprint density at radius 1 is 1.14 bits per heavy atom. The number of nitrogens with zero attached hydrogens (tertiary/aromatic N) is 5. The highest BCUT2D eigenvalue weighted by atomic mass is 35.5. The molecule has 8 nitrogen and oxygen atoms in total. The van der Waals surface area contributed by atoms with Crippen LogP contribution in [0.25, 0.3) is 0 Å². The summed E-state index contributed by atoms with van der Waals surface area (Å²) in [5, 5.41) is 9.63. The summed E-state index contributed by atoms with van der Waals surface area (Å²) in [6.07, 6.45) is 5.17. The van der Waals surface area contributed by atoms with Crippen LogP contribution in [-0.4, -0.2) is 48.0 Å². The van der Waals surface area contributed by atoms with Gasteiger partial charge in [0, 0.05) is 43.9 Å². The number of imidazole rings is 1. The van der Waals surface area contributed by atoms with E-state index < -0.39 is 15.7 Å². The summed E-state index contributed by atoms with van der Waals surface area (Å²) >= 11 is 6.19. The lowest BCUT2D eigenvalue weighted by molar-refractivity contribution is 0.162. The number of halogens is 1. The Hall–Kier alpha value is -2.90. The van der Waals surface area contributed by atoms with Gasteiger partial charge in [-0.1, -0.05) is 23.7 Å². The number of hydrogen-bond donors (Lipinski definition) is 1. The van der Waals surface area contributed by atoms with Crippen LogP contribution in [0.5, 0.6) is 0 Å². The molecule has 2 aliphatic rings. The summed E-state index contributed by atoms with van der Waals surface area (Å²) in [4.78, 5) is 6.71. The molecule has 1 spiro atoms. The summed E-state index contributed by atoms with van der Waals surface area (Å²) in [5.74, 6) is 0. The monoisotopic (exact) mass is 510 g/mol. The van der Waals surface area contributed by atoms with Crippen molar-refractivity contribution in [3.63, 3.8) is 0 Å². The molecule has 0 bridgehead atoms. The molecule has 0 aliphatic carbocycles. The lowest BCUT2D eigenvalue weighted by Crippen LogP contribution is -2.54. The number of aryl methyl sites for hydroxylation is 1. The Balaban J connectivity index is 1.29. The number of benzene rings is 2. The Morgan fingerprint density at radius 3 is 2.57 bits per heavy atom. The highest BCUT2D eigenvalue weighted by Gasteiger charge is 2.51. The van der Waals surface area contributed by atoms with Crippen LogP contribution in [0.4, 0.5) is 5.69 Å². The molecule has 3 aromatic rings. The van der Waals surface area contributed by atoms with Gasteiger partial charge in [0.05, 0.1) is 34.9 Å². The van der Waals surface area contributed by atoms with E-state index in [-0.39, 0.29) is 0 Å². The van der Waals surface area contributed by atoms with Gasteiger partial charge in [-0.15, -0.1) is 0 Å². The van der Waals surface area contributed by atoms with Gasteiger partial charge in [0.2, 0.25) is 0 Å². The first kappa shape index (κ1) is 23.8. The van der Waals surface area contributed by atoms with Crippen molar-refractivity contribution in [3.8, 4) is 6.07 Å². The fraction of sp³-hybridized carbons (Fsp3) is 0.360. The van der Waals surface area contributed by atoms with Crippen molar-refractivity contribution in [3.05, 3.63) is 82.4 Å². The molecule has 1 aromatic heterocycles. The molecule has 0 unspecified atom stereocenters. The fourth-order valence-electron chi connectivity index (χ4n) is 5.02. The molecule has 2 saturated heterocycles.